The lowest BCUT2D eigenvalue weighted by Crippen LogP contribution is -1.99. The van der Waals surface area contributed by atoms with Crippen molar-refractivity contribution in [3.8, 4) is 5.75 Å². The molecule has 0 radical (unpaired) electrons. The summed E-state index contributed by atoms with van der Waals surface area (Å²) in [6, 6.07) is 9.74. The van der Waals surface area contributed by atoms with Gasteiger partial charge in [-0.25, -0.2) is 0 Å². The molecule has 88 valence electrons. The number of aromatic nitrogens is 2. The fourth-order valence-electron chi connectivity index (χ4n) is 1.45. The number of halogens is 1. The minimum atomic E-state index is 0.406. The first kappa shape index (κ1) is 11.9. The van der Waals surface area contributed by atoms with E-state index in [2.05, 4.69) is 26.1 Å². The van der Waals surface area contributed by atoms with Gasteiger partial charge < -0.3 is 10.5 Å². The molecule has 0 unspecified atom stereocenters. The zero-order valence-corrected chi connectivity index (χ0v) is 10.9. The van der Waals surface area contributed by atoms with Gasteiger partial charge in [-0.15, -0.1) is 5.10 Å². The number of nitrogen functional groups attached to an aromatic ring is 1. The van der Waals surface area contributed by atoms with Gasteiger partial charge in [0.25, 0.3) is 0 Å². The van der Waals surface area contributed by atoms with Gasteiger partial charge in [-0.1, -0.05) is 12.1 Å². The predicted molar refractivity (Wildman–Crippen MR) is 69.9 cm³/mol. The Hall–Kier alpha value is -1.62. The van der Waals surface area contributed by atoms with Crippen LogP contribution in [0, 0.1) is 0 Å². The molecule has 17 heavy (non-hydrogen) atoms. The molecule has 4 nitrogen and oxygen atoms in total. The van der Waals surface area contributed by atoms with Gasteiger partial charge in [0, 0.05) is 6.42 Å². The molecule has 2 rings (SSSR count). The fourth-order valence-corrected chi connectivity index (χ4v) is 1.80. The van der Waals surface area contributed by atoms with Crippen molar-refractivity contribution in [3.05, 3.63) is 46.1 Å². The Labute approximate surface area is 108 Å². The van der Waals surface area contributed by atoms with Crippen molar-refractivity contribution in [1.82, 2.24) is 10.2 Å². The Morgan fingerprint density at radius 2 is 1.94 bits per heavy atom. The molecule has 0 fully saturated rings. The molecule has 0 aliphatic heterocycles. The second kappa shape index (κ2) is 5.14. The molecule has 0 amide bonds. The van der Waals surface area contributed by atoms with E-state index in [1.807, 2.05) is 30.3 Å². The maximum Gasteiger partial charge on any atom is 0.160 e. The van der Waals surface area contributed by atoms with Gasteiger partial charge in [-0.05, 0) is 39.7 Å². The number of methoxy groups -OCH3 is 1. The maximum absolute atomic E-state index is 5.58. The van der Waals surface area contributed by atoms with E-state index in [9.17, 15) is 0 Å². The Morgan fingerprint density at radius 3 is 2.53 bits per heavy atom. The van der Waals surface area contributed by atoms with Crippen LogP contribution in [0.3, 0.4) is 0 Å². The van der Waals surface area contributed by atoms with Crippen LogP contribution in [0.15, 0.2) is 34.8 Å². The smallest absolute Gasteiger partial charge is 0.160 e. The van der Waals surface area contributed by atoms with E-state index in [-0.39, 0.29) is 0 Å². The molecule has 1 heterocycles. The highest BCUT2D eigenvalue weighted by Crippen LogP contribution is 2.18. The third-order valence-electron chi connectivity index (χ3n) is 2.37. The first-order chi connectivity index (χ1) is 8.19. The van der Waals surface area contributed by atoms with E-state index >= 15 is 0 Å². The van der Waals surface area contributed by atoms with Crippen LogP contribution in [0.2, 0.25) is 0 Å². The van der Waals surface area contributed by atoms with Gasteiger partial charge in [0.05, 0.1) is 17.3 Å². The largest absolute Gasteiger partial charge is 0.497 e. The Bertz CT molecular complexity index is 514. The number of hydrogen-bond donors (Lipinski definition) is 1. The average Bonchev–Trinajstić information content (AvgIpc) is 2.35. The summed E-state index contributed by atoms with van der Waals surface area (Å²) in [6.07, 6.45) is 0.718. The molecule has 0 saturated heterocycles. The first-order valence-electron chi connectivity index (χ1n) is 5.09. The van der Waals surface area contributed by atoms with E-state index in [1.165, 1.54) is 0 Å². The molecule has 5 heteroatoms. The Kier molecular flexibility index (Phi) is 3.58. The molecular formula is C12H12BrN3O. The summed E-state index contributed by atoms with van der Waals surface area (Å²) in [7, 11) is 1.65. The van der Waals surface area contributed by atoms with Crippen LogP contribution in [-0.2, 0) is 6.42 Å². The first-order valence-corrected chi connectivity index (χ1v) is 5.89. The second-order valence-corrected chi connectivity index (χ2v) is 4.45. The number of rotatable bonds is 3. The van der Waals surface area contributed by atoms with Crippen LogP contribution >= 0.6 is 15.9 Å². The molecule has 0 spiro atoms. The van der Waals surface area contributed by atoms with Crippen molar-refractivity contribution in [1.29, 1.82) is 0 Å². The van der Waals surface area contributed by atoms with Crippen LogP contribution in [0.1, 0.15) is 11.3 Å². The highest BCUT2D eigenvalue weighted by molar-refractivity contribution is 9.10. The van der Waals surface area contributed by atoms with Crippen molar-refractivity contribution in [2.75, 3.05) is 12.8 Å². The quantitative estimate of drug-likeness (QED) is 0.944. The van der Waals surface area contributed by atoms with Crippen LogP contribution in [0.4, 0.5) is 5.82 Å². The third-order valence-corrected chi connectivity index (χ3v) is 3.00. The molecule has 2 N–H and O–H groups in total. The average molecular weight is 294 g/mol. The summed E-state index contributed by atoms with van der Waals surface area (Å²) < 4.78 is 5.88. The van der Waals surface area contributed by atoms with Crippen LogP contribution in [-0.4, -0.2) is 17.3 Å². The van der Waals surface area contributed by atoms with Crippen LogP contribution < -0.4 is 10.5 Å². The summed E-state index contributed by atoms with van der Waals surface area (Å²) >= 11 is 3.33. The maximum atomic E-state index is 5.58. The minimum Gasteiger partial charge on any atom is -0.497 e. The molecule has 0 aliphatic carbocycles. The van der Waals surface area contributed by atoms with Crippen molar-refractivity contribution in [2.45, 2.75) is 6.42 Å². The Morgan fingerprint density at radius 1 is 1.24 bits per heavy atom. The molecule has 1 aromatic heterocycles. The molecule has 0 atom stereocenters. The normalized spacial score (nSPS) is 10.2. The van der Waals surface area contributed by atoms with Gasteiger partial charge >= 0.3 is 0 Å². The van der Waals surface area contributed by atoms with E-state index < -0.39 is 0 Å². The molecule has 1 aromatic carbocycles. The monoisotopic (exact) mass is 293 g/mol. The summed E-state index contributed by atoms with van der Waals surface area (Å²) in [6.45, 7) is 0. The number of nitrogens with two attached hydrogens (primary N) is 1. The lowest BCUT2D eigenvalue weighted by molar-refractivity contribution is 0.414. The topological polar surface area (TPSA) is 61.0 Å². The van der Waals surface area contributed by atoms with Crippen LogP contribution in [0.5, 0.6) is 5.75 Å². The molecule has 2 aromatic rings. The molecule has 0 saturated carbocycles. The van der Waals surface area contributed by atoms with Crippen molar-refractivity contribution >= 4 is 21.7 Å². The highest BCUT2D eigenvalue weighted by atomic mass is 79.9. The number of ether oxygens (including phenoxy) is 1. The van der Waals surface area contributed by atoms with Crippen molar-refractivity contribution in [3.63, 3.8) is 0 Å². The number of anilines is 1. The van der Waals surface area contributed by atoms with E-state index in [4.69, 9.17) is 10.5 Å². The summed E-state index contributed by atoms with van der Waals surface area (Å²) in [4.78, 5) is 0. The van der Waals surface area contributed by atoms with Gasteiger partial charge in [0.1, 0.15) is 5.75 Å². The second-order valence-electron chi connectivity index (χ2n) is 3.59. The van der Waals surface area contributed by atoms with Crippen molar-refractivity contribution < 1.29 is 4.74 Å². The van der Waals surface area contributed by atoms with Gasteiger partial charge in [0.2, 0.25) is 0 Å². The molecule has 0 aliphatic rings. The molecular weight excluding hydrogens is 282 g/mol. The zero-order valence-electron chi connectivity index (χ0n) is 9.35. The van der Waals surface area contributed by atoms with Crippen molar-refractivity contribution in [2.24, 2.45) is 0 Å². The number of nitrogens with zero attached hydrogens (tertiary/aromatic N) is 2. The zero-order chi connectivity index (χ0) is 12.3. The van der Waals surface area contributed by atoms with Gasteiger partial charge in [-0.3, -0.25) is 0 Å². The van der Waals surface area contributed by atoms with E-state index in [0.29, 0.717) is 5.82 Å². The highest BCUT2D eigenvalue weighted by Gasteiger charge is 2.03. The molecule has 0 bridgehead atoms. The lowest BCUT2D eigenvalue weighted by Gasteiger charge is -2.04. The van der Waals surface area contributed by atoms with E-state index in [1.54, 1.807) is 7.11 Å². The van der Waals surface area contributed by atoms with Gasteiger partial charge in [0.15, 0.2) is 5.82 Å². The standard InChI is InChI=1S/C12H12BrN3O/c1-17-10-4-2-8(3-5-10)6-9-7-11(13)12(14)16-15-9/h2-5,7H,6H2,1H3,(H2,14,16). The number of hydrogen-bond acceptors (Lipinski definition) is 4. The Balaban J connectivity index is 2.16. The van der Waals surface area contributed by atoms with Crippen LogP contribution in [0.25, 0.3) is 0 Å². The SMILES string of the molecule is COc1ccc(Cc2cc(Br)c(N)nn2)cc1. The third kappa shape index (κ3) is 2.94. The summed E-state index contributed by atoms with van der Waals surface area (Å²) in [5.41, 5.74) is 7.60. The lowest BCUT2D eigenvalue weighted by atomic mass is 10.1. The predicted octanol–water partition coefficient (Wildman–Crippen LogP) is 2.42. The van der Waals surface area contributed by atoms with Gasteiger partial charge in [-0.2, -0.15) is 5.10 Å². The minimum absolute atomic E-state index is 0.406. The fraction of sp³-hybridized carbons (Fsp3) is 0.167. The summed E-state index contributed by atoms with van der Waals surface area (Å²) in [5, 5.41) is 7.91. The number of benzene rings is 1. The summed E-state index contributed by atoms with van der Waals surface area (Å²) in [5.74, 6) is 1.25. The van der Waals surface area contributed by atoms with E-state index in [0.717, 1.165) is 27.9 Å².